The van der Waals surface area contributed by atoms with Crippen LogP contribution in [0.3, 0.4) is 0 Å². The monoisotopic (exact) mass is 259 g/mol. The predicted molar refractivity (Wildman–Crippen MR) is 67.1 cm³/mol. The van der Waals surface area contributed by atoms with E-state index in [9.17, 15) is 8.42 Å². The molecule has 0 atom stereocenters. The Bertz CT molecular complexity index is 510. The van der Waals surface area contributed by atoms with Gasteiger partial charge < -0.3 is 0 Å². The van der Waals surface area contributed by atoms with Gasteiger partial charge in [-0.05, 0) is 25.7 Å². The number of sulfonamides is 1. The first-order chi connectivity index (χ1) is 7.52. The lowest BCUT2D eigenvalue weighted by atomic mass is 9.92. The van der Waals surface area contributed by atoms with Crippen LogP contribution < -0.4 is 5.14 Å². The van der Waals surface area contributed by atoms with Crippen molar-refractivity contribution in [2.24, 2.45) is 10.6 Å². The van der Waals surface area contributed by atoms with E-state index >= 15 is 0 Å². The van der Waals surface area contributed by atoms with E-state index in [1.807, 2.05) is 0 Å². The van der Waals surface area contributed by atoms with Gasteiger partial charge in [-0.3, -0.25) is 4.68 Å². The molecule has 17 heavy (non-hydrogen) atoms. The number of hydrogen-bond acceptors (Lipinski definition) is 3. The largest absolute Gasteiger partial charge is 0.268 e. The Kier molecular flexibility index (Phi) is 3.69. The van der Waals surface area contributed by atoms with Gasteiger partial charge in [0, 0.05) is 6.54 Å². The van der Waals surface area contributed by atoms with Crippen molar-refractivity contribution in [3.05, 3.63) is 11.4 Å². The Morgan fingerprint density at radius 2 is 1.82 bits per heavy atom. The molecule has 0 unspecified atom stereocenters. The lowest BCUT2D eigenvalue weighted by molar-refractivity contribution is 0.338. The van der Waals surface area contributed by atoms with E-state index in [4.69, 9.17) is 5.14 Å². The topological polar surface area (TPSA) is 78.0 Å². The predicted octanol–water partition coefficient (Wildman–Crippen LogP) is 1.58. The fraction of sp³-hybridized carbons (Fsp3) is 0.727. The van der Waals surface area contributed by atoms with Gasteiger partial charge in [0.05, 0.1) is 11.4 Å². The molecule has 1 aromatic heterocycles. The van der Waals surface area contributed by atoms with Gasteiger partial charge >= 0.3 is 0 Å². The van der Waals surface area contributed by atoms with Crippen LogP contribution >= 0.6 is 0 Å². The highest BCUT2D eigenvalue weighted by atomic mass is 32.2. The average Bonchev–Trinajstić information content (AvgIpc) is 2.35. The van der Waals surface area contributed by atoms with Gasteiger partial charge in [-0.2, -0.15) is 5.10 Å². The molecule has 0 radical (unpaired) electrons. The van der Waals surface area contributed by atoms with Crippen molar-refractivity contribution in [2.45, 2.75) is 52.5 Å². The number of nitrogens with two attached hydrogens (primary N) is 1. The number of aromatic nitrogens is 2. The minimum absolute atomic E-state index is 0.159. The summed E-state index contributed by atoms with van der Waals surface area (Å²) in [6, 6.07) is 0. The van der Waals surface area contributed by atoms with Crippen LogP contribution in [0, 0.1) is 19.3 Å². The van der Waals surface area contributed by atoms with E-state index in [2.05, 4.69) is 25.9 Å². The van der Waals surface area contributed by atoms with Crippen molar-refractivity contribution in [3.63, 3.8) is 0 Å². The summed E-state index contributed by atoms with van der Waals surface area (Å²) in [4.78, 5) is 0.159. The average molecular weight is 259 g/mol. The summed E-state index contributed by atoms with van der Waals surface area (Å²) in [7, 11) is -3.68. The molecule has 2 N–H and O–H groups in total. The zero-order valence-corrected chi connectivity index (χ0v) is 11.9. The Morgan fingerprint density at radius 1 is 1.29 bits per heavy atom. The molecule has 0 amide bonds. The van der Waals surface area contributed by atoms with Crippen LogP contribution in [0.5, 0.6) is 0 Å². The highest BCUT2D eigenvalue weighted by Crippen LogP contribution is 2.22. The maximum Gasteiger partial charge on any atom is 0.241 e. The van der Waals surface area contributed by atoms with E-state index < -0.39 is 10.0 Å². The van der Waals surface area contributed by atoms with Gasteiger partial charge in [0.1, 0.15) is 4.90 Å². The van der Waals surface area contributed by atoms with Crippen molar-refractivity contribution in [1.82, 2.24) is 9.78 Å². The normalized spacial score (nSPS) is 13.1. The number of primary sulfonamides is 1. The fourth-order valence-electron chi connectivity index (χ4n) is 1.75. The molecular weight excluding hydrogens is 238 g/mol. The molecular formula is C11H21N3O2S. The van der Waals surface area contributed by atoms with Gasteiger partial charge in [0.15, 0.2) is 0 Å². The Balaban J connectivity index is 3.06. The first-order valence-electron chi connectivity index (χ1n) is 5.59. The SMILES string of the molecule is Cc1nn(CCC(C)(C)C)c(C)c1S(N)(=O)=O. The molecule has 98 valence electrons. The molecule has 1 heterocycles. The molecule has 5 nitrogen and oxygen atoms in total. The summed E-state index contributed by atoms with van der Waals surface area (Å²) in [5.41, 5.74) is 1.28. The van der Waals surface area contributed by atoms with Crippen LogP contribution in [0.25, 0.3) is 0 Å². The Morgan fingerprint density at radius 3 is 2.18 bits per heavy atom. The van der Waals surface area contributed by atoms with Gasteiger partial charge in [-0.15, -0.1) is 0 Å². The summed E-state index contributed by atoms with van der Waals surface area (Å²) in [6.45, 7) is 10.5. The molecule has 0 saturated heterocycles. The smallest absolute Gasteiger partial charge is 0.241 e. The lowest BCUT2D eigenvalue weighted by Crippen LogP contribution is -2.15. The maximum absolute atomic E-state index is 11.4. The van der Waals surface area contributed by atoms with Gasteiger partial charge in [0.2, 0.25) is 10.0 Å². The molecule has 0 saturated carbocycles. The summed E-state index contributed by atoms with van der Waals surface area (Å²) in [5.74, 6) is 0. The van der Waals surface area contributed by atoms with E-state index in [0.717, 1.165) is 6.42 Å². The van der Waals surface area contributed by atoms with E-state index in [0.29, 0.717) is 17.9 Å². The molecule has 1 rings (SSSR count). The van der Waals surface area contributed by atoms with Gasteiger partial charge in [-0.1, -0.05) is 20.8 Å². The van der Waals surface area contributed by atoms with Crippen molar-refractivity contribution < 1.29 is 8.42 Å². The lowest BCUT2D eigenvalue weighted by Gasteiger charge is -2.18. The molecule has 0 fully saturated rings. The third kappa shape index (κ3) is 3.54. The van der Waals surface area contributed by atoms with Crippen molar-refractivity contribution in [1.29, 1.82) is 0 Å². The molecule has 0 aromatic carbocycles. The zero-order chi connectivity index (χ0) is 13.4. The molecule has 0 spiro atoms. The van der Waals surface area contributed by atoms with Crippen molar-refractivity contribution >= 4 is 10.0 Å². The Labute approximate surface area is 103 Å². The minimum atomic E-state index is -3.68. The number of hydrogen-bond donors (Lipinski definition) is 1. The fourth-order valence-corrected chi connectivity index (χ4v) is 2.72. The molecule has 6 heteroatoms. The second-order valence-electron chi connectivity index (χ2n) is 5.58. The van der Waals surface area contributed by atoms with E-state index in [1.54, 1.807) is 18.5 Å². The van der Waals surface area contributed by atoms with Crippen LogP contribution in [0.2, 0.25) is 0 Å². The number of nitrogens with zero attached hydrogens (tertiary/aromatic N) is 2. The second-order valence-corrected chi connectivity index (χ2v) is 7.08. The first-order valence-corrected chi connectivity index (χ1v) is 7.14. The van der Waals surface area contributed by atoms with Crippen LogP contribution in [0.1, 0.15) is 38.6 Å². The highest BCUT2D eigenvalue weighted by Gasteiger charge is 2.21. The Hall–Kier alpha value is -0.880. The molecule has 0 aliphatic carbocycles. The van der Waals surface area contributed by atoms with Crippen LogP contribution in [-0.2, 0) is 16.6 Å². The summed E-state index contributed by atoms with van der Waals surface area (Å²) in [6.07, 6.45) is 0.930. The number of rotatable bonds is 3. The van der Waals surface area contributed by atoms with E-state index in [1.165, 1.54) is 0 Å². The molecule has 0 aliphatic heterocycles. The number of aryl methyl sites for hydroxylation is 2. The molecule has 0 bridgehead atoms. The van der Waals surface area contributed by atoms with Gasteiger partial charge in [-0.25, -0.2) is 13.6 Å². The molecule has 1 aromatic rings. The summed E-state index contributed by atoms with van der Waals surface area (Å²) < 4.78 is 24.5. The first kappa shape index (κ1) is 14.2. The van der Waals surface area contributed by atoms with Crippen LogP contribution in [0.4, 0.5) is 0 Å². The summed E-state index contributed by atoms with van der Waals surface area (Å²) >= 11 is 0. The summed E-state index contributed by atoms with van der Waals surface area (Å²) in [5, 5.41) is 9.41. The van der Waals surface area contributed by atoms with E-state index in [-0.39, 0.29) is 10.3 Å². The minimum Gasteiger partial charge on any atom is -0.268 e. The zero-order valence-electron chi connectivity index (χ0n) is 11.1. The molecule has 0 aliphatic rings. The van der Waals surface area contributed by atoms with Crippen molar-refractivity contribution in [2.75, 3.05) is 0 Å². The van der Waals surface area contributed by atoms with Gasteiger partial charge in [0.25, 0.3) is 0 Å². The quantitative estimate of drug-likeness (QED) is 0.895. The van der Waals surface area contributed by atoms with Crippen LogP contribution in [-0.4, -0.2) is 18.2 Å². The van der Waals surface area contributed by atoms with Crippen molar-refractivity contribution in [3.8, 4) is 0 Å². The maximum atomic E-state index is 11.4. The third-order valence-corrected chi connectivity index (χ3v) is 3.83. The third-order valence-electron chi connectivity index (χ3n) is 2.67. The standard InChI is InChI=1S/C11H21N3O2S/c1-8-10(17(12,15)16)9(2)14(13-8)7-6-11(3,4)5/h6-7H2,1-5H3,(H2,12,15,16). The highest BCUT2D eigenvalue weighted by molar-refractivity contribution is 7.89. The van der Waals surface area contributed by atoms with Crippen LogP contribution in [0.15, 0.2) is 4.90 Å². The second kappa shape index (κ2) is 4.42.